The van der Waals surface area contributed by atoms with Gasteiger partial charge in [-0.05, 0) is 40.0 Å². The molecule has 0 heterocycles. The van der Waals surface area contributed by atoms with E-state index < -0.39 is 0 Å². The van der Waals surface area contributed by atoms with Gasteiger partial charge in [0.15, 0.2) is 0 Å². The summed E-state index contributed by atoms with van der Waals surface area (Å²) in [7, 11) is 0. The number of phenols is 1. The Labute approximate surface area is 89.1 Å². The number of aromatic hydroxyl groups is 1. The molecule has 66 valence electrons. The molecule has 0 amide bonds. The number of benzene rings is 1. The van der Waals surface area contributed by atoms with Crippen LogP contribution in [-0.4, -0.2) is 5.11 Å². The van der Waals surface area contributed by atoms with Crippen molar-refractivity contribution < 1.29 is 5.11 Å². The highest BCUT2D eigenvalue weighted by Gasteiger charge is 2.04. The van der Waals surface area contributed by atoms with Crippen molar-refractivity contribution in [2.75, 3.05) is 0 Å². The molecule has 0 radical (unpaired) electrons. The van der Waals surface area contributed by atoms with Gasteiger partial charge in [-0.3, -0.25) is 0 Å². The Morgan fingerprint density at radius 3 is 2.50 bits per heavy atom. The van der Waals surface area contributed by atoms with Crippen LogP contribution in [0.1, 0.15) is 18.9 Å². The summed E-state index contributed by atoms with van der Waals surface area (Å²) in [4.78, 5) is 0. The van der Waals surface area contributed by atoms with Crippen molar-refractivity contribution >= 4 is 31.9 Å². The molecule has 12 heavy (non-hydrogen) atoms. The molecule has 0 bridgehead atoms. The average molecular weight is 294 g/mol. The van der Waals surface area contributed by atoms with E-state index >= 15 is 0 Å². The summed E-state index contributed by atoms with van der Waals surface area (Å²) in [5.41, 5.74) is 1.22. The molecule has 0 saturated carbocycles. The molecule has 3 heteroatoms. The fraction of sp³-hybridized carbons (Fsp3) is 0.333. The minimum Gasteiger partial charge on any atom is -0.507 e. The fourth-order valence-corrected chi connectivity index (χ4v) is 1.96. The molecule has 0 atom stereocenters. The second kappa shape index (κ2) is 4.28. The zero-order chi connectivity index (χ0) is 9.14. The van der Waals surface area contributed by atoms with Gasteiger partial charge < -0.3 is 5.11 Å². The monoisotopic (exact) mass is 292 g/mol. The topological polar surface area (TPSA) is 20.2 Å². The first-order chi connectivity index (χ1) is 5.65. The molecule has 0 spiro atoms. The summed E-state index contributed by atoms with van der Waals surface area (Å²) in [6, 6.07) is 3.66. The Hall–Kier alpha value is -0.0200. The lowest BCUT2D eigenvalue weighted by Gasteiger charge is -2.04. The number of aryl methyl sites for hydroxylation is 1. The van der Waals surface area contributed by atoms with Crippen molar-refractivity contribution in [2.45, 2.75) is 19.8 Å². The Morgan fingerprint density at radius 1 is 1.25 bits per heavy atom. The first kappa shape index (κ1) is 10.1. The summed E-state index contributed by atoms with van der Waals surface area (Å²) in [5, 5.41) is 9.32. The molecule has 1 rings (SSSR count). The molecular weight excluding hydrogens is 284 g/mol. The van der Waals surface area contributed by atoms with Gasteiger partial charge in [-0.2, -0.15) is 0 Å². The van der Waals surface area contributed by atoms with Gasteiger partial charge in [0.2, 0.25) is 0 Å². The first-order valence-electron chi connectivity index (χ1n) is 3.82. The molecule has 1 aromatic carbocycles. The van der Waals surface area contributed by atoms with Gasteiger partial charge in [-0.25, -0.2) is 0 Å². The summed E-state index contributed by atoms with van der Waals surface area (Å²) in [6.45, 7) is 2.13. The number of phenolic OH excluding ortho intramolecular Hbond substituents is 1. The van der Waals surface area contributed by atoms with Crippen LogP contribution in [-0.2, 0) is 6.42 Å². The summed E-state index contributed by atoms with van der Waals surface area (Å²) < 4.78 is 1.74. The van der Waals surface area contributed by atoms with Crippen molar-refractivity contribution in [3.63, 3.8) is 0 Å². The van der Waals surface area contributed by atoms with Crippen LogP contribution in [0, 0.1) is 0 Å². The highest BCUT2D eigenvalue weighted by atomic mass is 79.9. The van der Waals surface area contributed by atoms with E-state index in [0.29, 0.717) is 0 Å². The van der Waals surface area contributed by atoms with Crippen LogP contribution in [0.3, 0.4) is 0 Å². The Kier molecular flexibility index (Phi) is 3.59. The molecule has 0 aliphatic rings. The predicted octanol–water partition coefficient (Wildman–Crippen LogP) is 3.87. The molecular formula is C9H10Br2O. The SMILES string of the molecule is CCCc1cc(Br)c(O)cc1Br. The minimum atomic E-state index is 0.279. The average Bonchev–Trinajstić information content (AvgIpc) is 2.01. The first-order valence-corrected chi connectivity index (χ1v) is 5.40. The van der Waals surface area contributed by atoms with Crippen molar-refractivity contribution in [1.82, 2.24) is 0 Å². The third-order valence-electron chi connectivity index (χ3n) is 1.64. The molecule has 1 aromatic rings. The Morgan fingerprint density at radius 2 is 1.92 bits per heavy atom. The van der Waals surface area contributed by atoms with E-state index in [1.54, 1.807) is 6.07 Å². The lowest BCUT2D eigenvalue weighted by molar-refractivity contribution is 0.471. The summed E-state index contributed by atoms with van der Waals surface area (Å²) >= 11 is 6.68. The molecule has 1 N–H and O–H groups in total. The Balaban J connectivity index is 3.05. The molecule has 0 saturated heterocycles. The molecule has 0 fully saturated rings. The number of hydrogen-bond acceptors (Lipinski definition) is 1. The minimum absolute atomic E-state index is 0.279. The third kappa shape index (κ3) is 2.23. The van der Waals surface area contributed by atoms with E-state index in [2.05, 4.69) is 38.8 Å². The molecule has 1 nitrogen and oxygen atoms in total. The highest BCUT2D eigenvalue weighted by Crippen LogP contribution is 2.31. The van der Waals surface area contributed by atoms with Crippen molar-refractivity contribution in [3.05, 3.63) is 26.6 Å². The van der Waals surface area contributed by atoms with Gasteiger partial charge in [0.1, 0.15) is 5.75 Å². The van der Waals surface area contributed by atoms with Crippen LogP contribution in [0.25, 0.3) is 0 Å². The molecule has 0 aliphatic carbocycles. The number of rotatable bonds is 2. The van der Waals surface area contributed by atoms with E-state index in [-0.39, 0.29) is 5.75 Å². The Bertz CT molecular complexity index is 284. The van der Waals surface area contributed by atoms with Crippen LogP contribution in [0.5, 0.6) is 5.75 Å². The second-order valence-electron chi connectivity index (χ2n) is 2.65. The quantitative estimate of drug-likeness (QED) is 0.878. The van der Waals surface area contributed by atoms with Crippen LogP contribution in [0.2, 0.25) is 0 Å². The normalized spacial score (nSPS) is 10.2. The van der Waals surface area contributed by atoms with Crippen LogP contribution in [0.15, 0.2) is 21.1 Å². The lowest BCUT2D eigenvalue weighted by Crippen LogP contribution is -1.85. The van der Waals surface area contributed by atoms with Crippen molar-refractivity contribution in [2.24, 2.45) is 0 Å². The summed E-state index contributed by atoms with van der Waals surface area (Å²) in [5.74, 6) is 0.279. The zero-order valence-electron chi connectivity index (χ0n) is 6.77. The van der Waals surface area contributed by atoms with E-state index in [4.69, 9.17) is 0 Å². The van der Waals surface area contributed by atoms with E-state index in [0.717, 1.165) is 21.8 Å². The maximum Gasteiger partial charge on any atom is 0.130 e. The maximum atomic E-state index is 9.32. The van der Waals surface area contributed by atoms with Gasteiger partial charge in [-0.15, -0.1) is 0 Å². The van der Waals surface area contributed by atoms with Crippen LogP contribution < -0.4 is 0 Å². The van der Waals surface area contributed by atoms with E-state index in [1.165, 1.54) is 5.56 Å². The van der Waals surface area contributed by atoms with Crippen molar-refractivity contribution in [1.29, 1.82) is 0 Å². The largest absolute Gasteiger partial charge is 0.507 e. The predicted molar refractivity (Wildman–Crippen MR) is 57.5 cm³/mol. The molecule has 0 unspecified atom stereocenters. The highest BCUT2D eigenvalue weighted by molar-refractivity contribution is 9.11. The van der Waals surface area contributed by atoms with Gasteiger partial charge in [0, 0.05) is 4.47 Å². The van der Waals surface area contributed by atoms with Gasteiger partial charge in [0.25, 0.3) is 0 Å². The molecule has 0 aromatic heterocycles. The maximum absolute atomic E-state index is 9.32. The number of halogens is 2. The van der Waals surface area contributed by atoms with Gasteiger partial charge in [-0.1, -0.05) is 29.3 Å². The van der Waals surface area contributed by atoms with Gasteiger partial charge >= 0.3 is 0 Å². The van der Waals surface area contributed by atoms with Crippen LogP contribution in [0.4, 0.5) is 0 Å². The van der Waals surface area contributed by atoms with Crippen molar-refractivity contribution in [3.8, 4) is 5.75 Å². The van der Waals surface area contributed by atoms with Gasteiger partial charge in [0.05, 0.1) is 4.47 Å². The fourth-order valence-electron chi connectivity index (χ4n) is 1.04. The van der Waals surface area contributed by atoms with E-state index in [9.17, 15) is 5.11 Å². The zero-order valence-corrected chi connectivity index (χ0v) is 9.94. The standard InChI is InChI=1S/C9H10Br2O/c1-2-3-6-4-8(11)9(12)5-7(6)10/h4-5,12H,2-3H2,1H3. The smallest absolute Gasteiger partial charge is 0.130 e. The number of hydrogen-bond donors (Lipinski definition) is 1. The van der Waals surface area contributed by atoms with Crippen LogP contribution >= 0.6 is 31.9 Å². The molecule has 0 aliphatic heterocycles. The second-order valence-corrected chi connectivity index (χ2v) is 4.35. The lowest BCUT2D eigenvalue weighted by atomic mass is 10.1. The summed E-state index contributed by atoms with van der Waals surface area (Å²) in [6.07, 6.45) is 2.13. The third-order valence-corrected chi connectivity index (χ3v) is 3.01. The van der Waals surface area contributed by atoms with E-state index in [1.807, 2.05) is 6.07 Å².